The molecule has 0 aromatic heterocycles. The Hall–Kier alpha value is -0.730. The fourth-order valence-corrected chi connectivity index (χ4v) is 1.79. The van der Waals surface area contributed by atoms with E-state index < -0.39 is 0 Å². The van der Waals surface area contributed by atoms with Crippen LogP contribution in [-0.4, -0.2) is 30.6 Å². The summed E-state index contributed by atoms with van der Waals surface area (Å²) >= 11 is 0. The van der Waals surface area contributed by atoms with Crippen LogP contribution in [0.4, 0.5) is 4.79 Å². The maximum atomic E-state index is 11.2. The number of rotatable bonds is 2. The quantitative estimate of drug-likeness (QED) is 0.609. The molecule has 0 N–H and O–H groups in total. The molecule has 1 radical (unpaired) electrons. The number of amides is 2. The van der Waals surface area contributed by atoms with Crippen LogP contribution < -0.4 is 5.32 Å². The Bertz CT molecular complexity index is 177. The predicted molar refractivity (Wildman–Crippen MR) is 45.9 cm³/mol. The molecule has 0 unspecified atom stereocenters. The standard InChI is InChI=1S/C9H15N2O/c12-9-10-5-2-6-11(9)7-8-3-1-4-8/h8H,1-7H2. The SMILES string of the molecule is O=C1[N]CCCN1CC1CCC1. The second-order valence-electron chi connectivity index (χ2n) is 3.76. The van der Waals surface area contributed by atoms with Crippen LogP contribution in [0.3, 0.4) is 0 Å². The van der Waals surface area contributed by atoms with Crippen LogP contribution in [0.1, 0.15) is 25.7 Å². The van der Waals surface area contributed by atoms with Crippen molar-refractivity contribution < 1.29 is 4.79 Å². The second-order valence-corrected chi connectivity index (χ2v) is 3.76. The van der Waals surface area contributed by atoms with Crippen molar-refractivity contribution in [1.82, 2.24) is 10.2 Å². The molecule has 3 nitrogen and oxygen atoms in total. The van der Waals surface area contributed by atoms with Gasteiger partial charge in [0.1, 0.15) is 0 Å². The molecule has 2 aliphatic rings. The summed E-state index contributed by atoms with van der Waals surface area (Å²) in [6.45, 7) is 2.63. The molecule has 1 saturated carbocycles. The molecule has 1 aliphatic heterocycles. The molecule has 0 spiro atoms. The Kier molecular flexibility index (Phi) is 2.19. The number of nitrogens with zero attached hydrogens (tertiary/aromatic N) is 2. The zero-order valence-corrected chi connectivity index (χ0v) is 7.33. The summed E-state index contributed by atoms with van der Waals surface area (Å²) < 4.78 is 0. The van der Waals surface area contributed by atoms with Crippen LogP contribution in [-0.2, 0) is 0 Å². The first-order valence-corrected chi connectivity index (χ1v) is 4.82. The van der Waals surface area contributed by atoms with E-state index >= 15 is 0 Å². The molecule has 0 bridgehead atoms. The average molecular weight is 167 g/mol. The summed E-state index contributed by atoms with van der Waals surface area (Å²) in [6.07, 6.45) is 5.02. The highest BCUT2D eigenvalue weighted by atomic mass is 16.2. The molecule has 2 fully saturated rings. The second kappa shape index (κ2) is 3.33. The summed E-state index contributed by atoms with van der Waals surface area (Å²) in [6, 6.07) is 0.0214. The average Bonchev–Trinajstić information content (AvgIpc) is 2.00. The smallest absolute Gasteiger partial charge is 0.323 e. The molecule has 0 atom stereocenters. The summed E-state index contributed by atoms with van der Waals surface area (Å²) in [5.74, 6) is 0.780. The van der Waals surface area contributed by atoms with Crippen LogP contribution in [0, 0.1) is 5.92 Å². The Morgan fingerprint density at radius 3 is 2.83 bits per heavy atom. The van der Waals surface area contributed by atoms with Gasteiger partial charge in [-0.2, -0.15) is 0 Å². The first kappa shape index (κ1) is 7.90. The highest BCUT2D eigenvalue weighted by molar-refractivity contribution is 5.74. The Labute approximate surface area is 73.1 Å². The van der Waals surface area contributed by atoms with Crippen molar-refractivity contribution in [2.24, 2.45) is 5.92 Å². The van der Waals surface area contributed by atoms with Gasteiger partial charge in [0.25, 0.3) is 0 Å². The maximum absolute atomic E-state index is 11.2. The topological polar surface area (TPSA) is 34.4 Å². The predicted octanol–water partition coefficient (Wildman–Crippen LogP) is 1.22. The summed E-state index contributed by atoms with van der Waals surface area (Å²) in [4.78, 5) is 13.1. The minimum Gasteiger partial charge on any atom is -0.323 e. The molecule has 67 valence electrons. The Morgan fingerprint density at radius 2 is 2.25 bits per heavy atom. The van der Waals surface area contributed by atoms with Crippen molar-refractivity contribution in [1.29, 1.82) is 0 Å². The van der Waals surface area contributed by atoms with Crippen molar-refractivity contribution in [2.45, 2.75) is 25.7 Å². The molecule has 0 aromatic carbocycles. The van der Waals surface area contributed by atoms with Gasteiger partial charge in [0, 0.05) is 19.6 Å². The van der Waals surface area contributed by atoms with E-state index in [9.17, 15) is 4.79 Å². The van der Waals surface area contributed by atoms with Gasteiger partial charge < -0.3 is 4.90 Å². The van der Waals surface area contributed by atoms with Gasteiger partial charge in [-0.25, -0.2) is 10.1 Å². The number of hydrogen-bond acceptors (Lipinski definition) is 1. The number of carbonyl (C=O) groups excluding carboxylic acids is 1. The zero-order valence-electron chi connectivity index (χ0n) is 7.33. The van der Waals surface area contributed by atoms with Crippen molar-refractivity contribution in [3.8, 4) is 0 Å². The van der Waals surface area contributed by atoms with Crippen LogP contribution in [0.5, 0.6) is 0 Å². The van der Waals surface area contributed by atoms with Gasteiger partial charge in [-0.1, -0.05) is 6.42 Å². The molecule has 2 rings (SSSR count). The van der Waals surface area contributed by atoms with Crippen molar-refractivity contribution >= 4 is 6.03 Å². The maximum Gasteiger partial charge on any atom is 0.338 e. The van der Waals surface area contributed by atoms with Gasteiger partial charge in [-0.3, -0.25) is 0 Å². The summed E-state index contributed by atoms with van der Waals surface area (Å²) in [5.41, 5.74) is 0. The largest absolute Gasteiger partial charge is 0.338 e. The lowest BCUT2D eigenvalue weighted by atomic mass is 9.85. The third-order valence-corrected chi connectivity index (χ3v) is 2.81. The summed E-state index contributed by atoms with van der Waals surface area (Å²) in [7, 11) is 0. The minimum absolute atomic E-state index is 0.0214. The van der Waals surface area contributed by atoms with Gasteiger partial charge in [0.05, 0.1) is 0 Å². The molecule has 1 aliphatic carbocycles. The normalized spacial score (nSPS) is 25.0. The third kappa shape index (κ3) is 1.54. The lowest BCUT2D eigenvalue weighted by Crippen LogP contribution is -2.45. The first-order chi connectivity index (χ1) is 5.86. The van der Waals surface area contributed by atoms with Crippen molar-refractivity contribution in [2.75, 3.05) is 19.6 Å². The molecule has 1 heterocycles. The van der Waals surface area contributed by atoms with E-state index in [0.29, 0.717) is 0 Å². The van der Waals surface area contributed by atoms with Crippen molar-refractivity contribution in [3.63, 3.8) is 0 Å². The van der Waals surface area contributed by atoms with Crippen LogP contribution in [0.25, 0.3) is 0 Å². The van der Waals surface area contributed by atoms with E-state index in [1.165, 1.54) is 19.3 Å². The zero-order chi connectivity index (χ0) is 8.39. The van der Waals surface area contributed by atoms with Crippen LogP contribution in [0.15, 0.2) is 0 Å². The highest BCUT2D eigenvalue weighted by Gasteiger charge is 2.25. The van der Waals surface area contributed by atoms with Gasteiger partial charge in [0.2, 0.25) is 0 Å². The van der Waals surface area contributed by atoms with Crippen LogP contribution in [0.2, 0.25) is 0 Å². The fraction of sp³-hybridized carbons (Fsp3) is 0.889. The lowest BCUT2D eigenvalue weighted by molar-refractivity contribution is 0.155. The van der Waals surface area contributed by atoms with E-state index in [2.05, 4.69) is 5.32 Å². The van der Waals surface area contributed by atoms with Gasteiger partial charge >= 0.3 is 6.03 Å². The molecule has 12 heavy (non-hydrogen) atoms. The minimum atomic E-state index is 0.0214. The number of hydrogen-bond donors (Lipinski definition) is 0. The highest BCUT2D eigenvalue weighted by Crippen LogP contribution is 2.27. The monoisotopic (exact) mass is 167 g/mol. The van der Waals surface area contributed by atoms with E-state index in [4.69, 9.17) is 0 Å². The van der Waals surface area contributed by atoms with Crippen LogP contribution >= 0.6 is 0 Å². The lowest BCUT2D eigenvalue weighted by Gasteiger charge is -2.33. The van der Waals surface area contributed by atoms with Gasteiger partial charge in [0.15, 0.2) is 0 Å². The van der Waals surface area contributed by atoms with E-state index in [0.717, 1.165) is 32.0 Å². The first-order valence-electron chi connectivity index (χ1n) is 4.82. The Balaban J connectivity index is 1.80. The Morgan fingerprint density at radius 1 is 1.42 bits per heavy atom. The summed E-state index contributed by atoms with van der Waals surface area (Å²) in [5, 5.41) is 3.91. The number of urea groups is 1. The van der Waals surface area contributed by atoms with Crippen molar-refractivity contribution in [3.05, 3.63) is 0 Å². The molecular weight excluding hydrogens is 152 g/mol. The molecule has 1 saturated heterocycles. The van der Waals surface area contributed by atoms with E-state index in [1.807, 2.05) is 4.90 Å². The van der Waals surface area contributed by atoms with Gasteiger partial charge in [-0.15, -0.1) is 0 Å². The number of carbonyl (C=O) groups is 1. The van der Waals surface area contributed by atoms with Gasteiger partial charge in [-0.05, 0) is 25.2 Å². The third-order valence-electron chi connectivity index (χ3n) is 2.81. The van der Waals surface area contributed by atoms with E-state index in [-0.39, 0.29) is 6.03 Å². The molecule has 2 amide bonds. The molecular formula is C9H15N2O. The molecule has 3 heteroatoms. The fourth-order valence-electron chi connectivity index (χ4n) is 1.79. The van der Waals surface area contributed by atoms with E-state index in [1.54, 1.807) is 0 Å². The molecule has 0 aromatic rings.